The summed E-state index contributed by atoms with van der Waals surface area (Å²) in [5.74, 6) is -1.06. The van der Waals surface area contributed by atoms with Gasteiger partial charge in [0, 0.05) is 28.5 Å². The number of hydrogen-bond donors (Lipinski definition) is 2. The normalized spacial score (nSPS) is 13.7. The van der Waals surface area contributed by atoms with Gasteiger partial charge >= 0.3 is 5.97 Å². The summed E-state index contributed by atoms with van der Waals surface area (Å²) in [4.78, 5) is 19.8. The molecular formula is C9H11FeO4P. The summed E-state index contributed by atoms with van der Waals surface area (Å²) in [6.45, 7) is 0. The Morgan fingerprint density at radius 1 is 1.27 bits per heavy atom. The first-order chi connectivity index (χ1) is 6.52. The van der Waals surface area contributed by atoms with E-state index in [2.05, 4.69) is 0 Å². The second-order valence-corrected chi connectivity index (χ2v) is 5.27. The Morgan fingerprint density at radius 3 is 2.27 bits per heavy atom. The fraction of sp³-hybridized carbons (Fsp3) is 0.222. The summed E-state index contributed by atoms with van der Waals surface area (Å²) in [5.41, 5.74) is 0. The molecule has 1 aromatic carbocycles. The maximum Gasteiger partial charge on any atom is 0.303 e. The molecule has 1 atom stereocenters. The van der Waals surface area contributed by atoms with E-state index >= 15 is 0 Å². The third-order valence-electron chi connectivity index (χ3n) is 1.79. The maximum atomic E-state index is 11.6. The third kappa shape index (κ3) is 4.63. The second kappa shape index (κ2) is 6.09. The molecule has 0 bridgehead atoms. The first-order valence-electron chi connectivity index (χ1n) is 4.11. The Kier molecular flexibility index (Phi) is 5.84. The Morgan fingerprint density at radius 2 is 1.80 bits per heavy atom. The van der Waals surface area contributed by atoms with E-state index in [-0.39, 0.29) is 29.7 Å². The van der Waals surface area contributed by atoms with Crippen LogP contribution in [0.1, 0.15) is 6.42 Å². The van der Waals surface area contributed by atoms with Crippen LogP contribution in [0.2, 0.25) is 0 Å². The smallest absolute Gasteiger partial charge is 0.303 e. The van der Waals surface area contributed by atoms with Gasteiger partial charge in [-0.2, -0.15) is 0 Å². The van der Waals surface area contributed by atoms with Gasteiger partial charge in [0.25, 0.3) is 0 Å². The predicted molar refractivity (Wildman–Crippen MR) is 53.0 cm³/mol. The van der Waals surface area contributed by atoms with E-state index in [0.29, 0.717) is 5.30 Å². The summed E-state index contributed by atoms with van der Waals surface area (Å²) in [7, 11) is -3.48. The molecule has 0 aliphatic rings. The average Bonchev–Trinajstić information content (AvgIpc) is 2.16. The first-order valence-corrected chi connectivity index (χ1v) is 5.96. The van der Waals surface area contributed by atoms with Crippen molar-refractivity contribution in [1.29, 1.82) is 0 Å². The first kappa shape index (κ1) is 14.4. The number of hydrogen-bond acceptors (Lipinski definition) is 2. The maximum absolute atomic E-state index is 11.6. The number of rotatable bonds is 4. The van der Waals surface area contributed by atoms with Crippen molar-refractivity contribution in [3.8, 4) is 0 Å². The molecule has 0 spiro atoms. The number of carboxylic acids is 1. The van der Waals surface area contributed by atoms with Crippen LogP contribution in [0, 0.1) is 0 Å². The predicted octanol–water partition coefficient (Wildman–Crippen LogP) is 1.05. The molecule has 84 valence electrons. The van der Waals surface area contributed by atoms with Crippen molar-refractivity contribution in [2.24, 2.45) is 0 Å². The molecule has 0 aliphatic heterocycles. The van der Waals surface area contributed by atoms with Crippen molar-refractivity contribution in [3.05, 3.63) is 30.3 Å². The molecule has 0 aromatic heterocycles. The fourth-order valence-electron chi connectivity index (χ4n) is 1.04. The van der Waals surface area contributed by atoms with Crippen LogP contribution in [-0.4, -0.2) is 22.1 Å². The molecule has 1 unspecified atom stereocenters. The van der Waals surface area contributed by atoms with Gasteiger partial charge in [-0.1, -0.05) is 18.2 Å². The van der Waals surface area contributed by atoms with Crippen LogP contribution >= 0.6 is 7.37 Å². The van der Waals surface area contributed by atoms with E-state index in [0.717, 1.165) is 0 Å². The van der Waals surface area contributed by atoms with Crippen LogP contribution in [0.5, 0.6) is 0 Å². The number of carboxylic acid groups (broad SMARTS) is 1. The van der Waals surface area contributed by atoms with Crippen LogP contribution in [0.15, 0.2) is 30.3 Å². The Labute approximate surface area is 98.2 Å². The summed E-state index contributed by atoms with van der Waals surface area (Å²) < 4.78 is 11.6. The summed E-state index contributed by atoms with van der Waals surface area (Å²) >= 11 is 0. The van der Waals surface area contributed by atoms with Gasteiger partial charge in [0.1, 0.15) is 0 Å². The molecule has 0 saturated heterocycles. The largest absolute Gasteiger partial charge is 0.481 e. The molecule has 4 nitrogen and oxygen atoms in total. The van der Waals surface area contributed by atoms with E-state index in [1.165, 1.54) is 12.1 Å². The fourth-order valence-corrected chi connectivity index (χ4v) is 2.43. The molecule has 0 radical (unpaired) electrons. The molecule has 1 aromatic rings. The molecule has 1 rings (SSSR count). The monoisotopic (exact) mass is 270 g/mol. The Bertz CT molecular complexity index is 366. The van der Waals surface area contributed by atoms with Gasteiger partial charge in [-0.25, -0.2) is 0 Å². The summed E-state index contributed by atoms with van der Waals surface area (Å²) in [6, 6.07) is 8.10. The van der Waals surface area contributed by atoms with Crippen molar-refractivity contribution >= 4 is 18.6 Å². The minimum absolute atomic E-state index is 0. The molecule has 0 heterocycles. The van der Waals surface area contributed by atoms with Gasteiger partial charge < -0.3 is 10.00 Å². The van der Waals surface area contributed by atoms with Crippen LogP contribution in [-0.2, 0) is 26.4 Å². The van der Waals surface area contributed by atoms with E-state index in [4.69, 9.17) is 5.11 Å². The van der Waals surface area contributed by atoms with Crippen molar-refractivity contribution in [3.63, 3.8) is 0 Å². The molecule has 0 fully saturated rings. The standard InChI is InChI=1S/C9H11O4P.Fe/c10-9(11)6-7-14(12,13)8-4-2-1-3-5-8;/h1-5H,6-7H2,(H,10,11)(H,12,13);. The minimum atomic E-state index is -3.48. The van der Waals surface area contributed by atoms with E-state index in [1.54, 1.807) is 18.2 Å². The number of carbonyl (C=O) groups is 1. The van der Waals surface area contributed by atoms with Crippen molar-refractivity contribution in [2.75, 3.05) is 6.16 Å². The quantitative estimate of drug-likeness (QED) is 0.633. The molecule has 0 amide bonds. The topological polar surface area (TPSA) is 74.6 Å². The molecule has 6 heteroatoms. The van der Waals surface area contributed by atoms with E-state index in [1.807, 2.05) is 0 Å². The molecule has 2 N–H and O–H groups in total. The van der Waals surface area contributed by atoms with Gasteiger partial charge in [0.15, 0.2) is 0 Å². The minimum Gasteiger partial charge on any atom is -0.481 e. The zero-order valence-corrected chi connectivity index (χ0v) is 9.81. The van der Waals surface area contributed by atoms with Crippen molar-refractivity contribution in [1.82, 2.24) is 0 Å². The molecular weight excluding hydrogens is 259 g/mol. The van der Waals surface area contributed by atoms with Crippen molar-refractivity contribution in [2.45, 2.75) is 6.42 Å². The zero-order valence-electron chi connectivity index (χ0n) is 7.81. The van der Waals surface area contributed by atoms with E-state index in [9.17, 15) is 14.3 Å². The SMILES string of the molecule is O=C(O)CCP(=O)(O)c1ccccc1.[Fe]. The van der Waals surface area contributed by atoms with Crippen LogP contribution in [0.25, 0.3) is 0 Å². The van der Waals surface area contributed by atoms with Crippen LogP contribution in [0.3, 0.4) is 0 Å². The van der Waals surface area contributed by atoms with Crippen LogP contribution < -0.4 is 5.30 Å². The Balaban J connectivity index is 0.00000196. The number of aliphatic carboxylic acids is 1. The molecule has 0 aliphatic carbocycles. The number of benzene rings is 1. The van der Waals surface area contributed by atoms with Gasteiger partial charge in [-0.05, 0) is 12.1 Å². The van der Waals surface area contributed by atoms with E-state index < -0.39 is 13.3 Å². The third-order valence-corrected chi connectivity index (χ3v) is 3.72. The average molecular weight is 270 g/mol. The zero-order chi connectivity index (χ0) is 10.6. The van der Waals surface area contributed by atoms with Gasteiger partial charge in [-0.15, -0.1) is 0 Å². The van der Waals surface area contributed by atoms with Crippen molar-refractivity contribution < 1.29 is 36.4 Å². The molecule has 15 heavy (non-hydrogen) atoms. The van der Waals surface area contributed by atoms with Gasteiger partial charge in [0.05, 0.1) is 6.42 Å². The van der Waals surface area contributed by atoms with Crippen LogP contribution in [0.4, 0.5) is 0 Å². The molecule has 0 saturated carbocycles. The summed E-state index contributed by atoms with van der Waals surface area (Å²) in [6.07, 6.45) is -0.505. The van der Waals surface area contributed by atoms with Gasteiger partial charge in [-0.3, -0.25) is 9.36 Å². The summed E-state index contributed by atoms with van der Waals surface area (Å²) in [5, 5.41) is 8.70. The second-order valence-electron chi connectivity index (χ2n) is 2.90. The van der Waals surface area contributed by atoms with Gasteiger partial charge in [0.2, 0.25) is 7.37 Å². The Hall–Kier alpha value is -0.601.